The number of morpholine rings is 1. The van der Waals surface area contributed by atoms with E-state index in [2.05, 4.69) is 32.9 Å². The first-order valence-electron chi connectivity index (χ1n) is 16.3. The van der Waals surface area contributed by atoms with E-state index in [-0.39, 0.29) is 35.8 Å². The molecule has 2 aromatic rings. The Bertz CT molecular complexity index is 1340. The Kier molecular flexibility index (Phi) is 12.1. The second kappa shape index (κ2) is 15.8. The monoisotopic (exact) mass is 639 g/mol. The predicted molar refractivity (Wildman–Crippen MR) is 171 cm³/mol. The number of Topliss-reactive ketones (excluding diaryl/α,β-unsaturated/α-hetero) is 1. The second-order valence-electron chi connectivity index (χ2n) is 13.6. The molecule has 2 unspecified atom stereocenters. The summed E-state index contributed by atoms with van der Waals surface area (Å²) in [6, 6.07) is 8.43. The van der Waals surface area contributed by atoms with Gasteiger partial charge in [-0.3, -0.25) is 24.1 Å². The summed E-state index contributed by atoms with van der Waals surface area (Å²) in [6.07, 6.45) is 0.965. The molecule has 0 spiro atoms. The molecule has 3 heterocycles. The van der Waals surface area contributed by atoms with Crippen LogP contribution in [0.2, 0.25) is 0 Å². The minimum absolute atomic E-state index is 0.0560. The number of amides is 3. The van der Waals surface area contributed by atoms with Gasteiger partial charge >= 0.3 is 0 Å². The maximum Gasteiger partial charge on any atom is 0.274 e. The van der Waals surface area contributed by atoms with Crippen LogP contribution in [0, 0.1) is 11.8 Å². The lowest BCUT2D eigenvalue weighted by Crippen LogP contribution is -2.57. The van der Waals surface area contributed by atoms with Gasteiger partial charge in [-0.2, -0.15) is 0 Å². The van der Waals surface area contributed by atoms with Gasteiger partial charge in [-0.1, -0.05) is 63.2 Å². The number of hydrogen-bond acceptors (Lipinski definition) is 9. The molecule has 1 aromatic heterocycles. The molecule has 252 valence electrons. The summed E-state index contributed by atoms with van der Waals surface area (Å²) in [5.74, 6) is -0.977. The molecule has 12 nitrogen and oxygen atoms in total. The van der Waals surface area contributed by atoms with Crippen LogP contribution in [0.3, 0.4) is 0 Å². The quantitative estimate of drug-likeness (QED) is 0.235. The van der Waals surface area contributed by atoms with Gasteiger partial charge < -0.3 is 29.9 Å². The molecule has 2 saturated heterocycles. The van der Waals surface area contributed by atoms with Gasteiger partial charge in [-0.15, -0.1) is 0 Å². The van der Waals surface area contributed by atoms with Crippen LogP contribution in [0.25, 0.3) is 0 Å². The highest BCUT2D eigenvalue weighted by molar-refractivity contribution is 5.99. The summed E-state index contributed by atoms with van der Waals surface area (Å²) < 4.78 is 16.3. The van der Waals surface area contributed by atoms with E-state index >= 15 is 0 Å². The van der Waals surface area contributed by atoms with Crippen molar-refractivity contribution in [3.05, 3.63) is 53.4 Å². The van der Waals surface area contributed by atoms with Gasteiger partial charge in [0.1, 0.15) is 17.7 Å². The third kappa shape index (κ3) is 9.94. The van der Waals surface area contributed by atoms with Crippen LogP contribution in [0.4, 0.5) is 0 Å². The molecule has 46 heavy (non-hydrogen) atoms. The Labute approximate surface area is 271 Å². The highest BCUT2D eigenvalue weighted by atomic mass is 16.6. The summed E-state index contributed by atoms with van der Waals surface area (Å²) in [6.45, 7) is 14.4. The van der Waals surface area contributed by atoms with E-state index < -0.39 is 41.4 Å². The van der Waals surface area contributed by atoms with E-state index in [9.17, 15) is 19.2 Å². The van der Waals surface area contributed by atoms with Crippen molar-refractivity contribution in [3.63, 3.8) is 0 Å². The lowest BCUT2D eigenvalue weighted by molar-refractivity contribution is -0.133. The van der Waals surface area contributed by atoms with E-state index in [1.165, 1.54) is 0 Å². The van der Waals surface area contributed by atoms with Crippen molar-refractivity contribution >= 4 is 23.5 Å². The molecule has 0 saturated carbocycles. The fourth-order valence-electron chi connectivity index (χ4n) is 5.55. The van der Waals surface area contributed by atoms with E-state index in [0.717, 1.165) is 12.1 Å². The van der Waals surface area contributed by atoms with Crippen LogP contribution in [0.15, 0.2) is 40.9 Å². The van der Waals surface area contributed by atoms with Crippen molar-refractivity contribution in [2.45, 2.75) is 97.1 Å². The van der Waals surface area contributed by atoms with Crippen LogP contribution in [0.1, 0.15) is 76.2 Å². The van der Waals surface area contributed by atoms with Crippen LogP contribution in [-0.4, -0.2) is 89.7 Å². The maximum atomic E-state index is 13.8. The van der Waals surface area contributed by atoms with Gasteiger partial charge in [-0.25, -0.2) is 0 Å². The fraction of sp³-hybridized carbons (Fsp3) is 0.618. The molecule has 3 amide bonds. The number of ketones is 1. The SMILES string of the molecule is CC(C)CC(NC(=O)c1cc(CN2CCOC[C@@H]2C)on1)C(=O)N[C@@H](Cc1ccccc1)C(=O)N[C@@H](CC(C)C)C(=O)C1(C)CO1. The van der Waals surface area contributed by atoms with Gasteiger partial charge in [0.2, 0.25) is 11.8 Å². The highest BCUT2D eigenvalue weighted by Gasteiger charge is 2.50. The predicted octanol–water partition coefficient (Wildman–Crippen LogP) is 2.66. The van der Waals surface area contributed by atoms with Crippen LogP contribution in [0.5, 0.6) is 0 Å². The lowest BCUT2D eigenvalue weighted by atomic mass is 9.93. The number of aromatic nitrogens is 1. The van der Waals surface area contributed by atoms with Gasteiger partial charge in [0.25, 0.3) is 5.91 Å². The summed E-state index contributed by atoms with van der Waals surface area (Å²) >= 11 is 0. The Morgan fingerprint density at radius 2 is 1.59 bits per heavy atom. The first-order valence-corrected chi connectivity index (χ1v) is 16.3. The minimum Gasteiger partial charge on any atom is -0.379 e. The zero-order valence-electron chi connectivity index (χ0n) is 27.8. The van der Waals surface area contributed by atoms with E-state index in [0.29, 0.717) is 45.0 Å². The molecular formula is C34H49N5O7. The molecule has 0 bridgehead atoms. The second-order valence-corrected chi connectivity index (χ2v) is 13.6. The average Bonchev–Trinajstić information content (AvgIpc) is 3.58. The van der Waals surface area contributed by atoms with Gasteiger partial charge in [-0.05, 0) is 44.1 Å². The lowest BCUT2D eigenvalue weighted by Gasteiger charge is -2.32. The molecule has 0 aliphatic carbocycles. The summed E-state index contributed by atoms with van der Waals surface area (Å²) in [4.78, 5) is 56.2. The fourth-order valence-corrected chi connectivity index (χ4v) is 5.55. The first kappa shape index (κ1) is 35.2. The van der Waals surface area contributed by atoms with Gasteiger partial charge in [0.15, 0.2) is 17.2 Å². The molecule has 4 rings (SSSR count). The molecule has 2 fully saturated rings. The molecule has 3 N–H and O–H groups in total. The summed E-state index contributed by atoms with van der Waals surface area (Å²) in [5.41, 5.74) is 0.00206. The number of benzene rings is 1. The maximum absolute atomic E-state index is 13.8. The van der Waals surface area contributed by atoms with Crippen molar-refractivity contribution in [2.24, 2.45) is 11.8 Å². The number of nitrogens with one attached hydrogen (secondary N) is 3. The molecule has 1 aromatic carbocycles. The standard InChI is InChI=1S/C34H49N5O7/c1-21(2)14-26(30(40)34(6)20-45-34)35-32(42)28(16-24-10-8-7-9-11-24)37-31(41)27(15-22(3)4)36-33(43)29-17-25(46-38-29)18-39-12-13-44-19-23(39)5/h7-11,17,21-23,26-28H,12-16,18-20H2,1-6H3,(H,35,42)(H,36,43)(H,37,41)/t23-,26-,27?,28-,34?/m0/s1. The van der Waals surface area contributed by atoms with E-state index in [1.54, 1.807) is 13.0 Å². The number of ether oxygens (including phenoxy) is 2. The molecule has 0 radical (unpaired) electrons. The Balaban J connectivity index is 1.47. The normalized spacial score (nSPS) is 21.8. The molecule has 12 heteroatoms. The van der Waals surface area contributed by atoms with Crippen molar-refractivity contribution in [1.29, 1.82) is 0 Å². The minimum atomic E-state index is -0.994. The number of hydrogen-bond donors (Lipinski definition) is 3. The van der Waals surface area contributed by atoms with Crippen LogP contribution < -0.4 is 16.0 Å². The van der Waals surface area contributed by atoms with Crippen LogP contribution >= 0.6 is 0 Å². The number of nitrogens with zero attached hydrogens (tertiary/aromatic N) is 2. The smallest absolute Gasteiger partial charge is 0.274 e. The topological polar surface area (TPSA) is 155 Å². The van der Waals surface area contributed by atoms with Crippen molar-refractivity contribution < 1.29 is 33.2 Å². The third-order valence-corrected chi connectivity index (χ3v) is 8.34. The van der Waals surface area contributed by atoms with E-state index in [4.69, 9.17) is 14.0 Å². The largest absolute Gasteiger partial charge is 0.379 e. The number of carbonyl (C=O) groups is 4. The average molecular weight is 640 g/mol. The summed E-state index contributed by atoms with van der Waals surface area (Å²) in [5, 5.41) is 12.5. The molecular weight excluding hydrogens is 590 g/mol. The zero-order valence-corrected chi connectivity index (χ0v) is 27.8. The highest BCUT2D eigenvalue weighted by Crippen LogP contribution is 2.29. The Hall–Kier alpha value is -3.61. The number of rotatable bonds is 16. The molecule has 5 atom stereocenters. The first-order chi connectivity index (χ1) is 21.8. The third-order valence-electron chi connectivity index (χ3n) is 8.34. The van der Waals surface area contributed by atoms with Crippen LogP contribution in [-0.2, 0) is 36.8 Å². The zero-order chi connectivity index (χ0) is 33.4. The van der Waals surface area contributed by atoms with E-state index in [1.807, 2.05) is 58.0 Å². The summed E-state index contributed by atoms with van der Waals surface area (Å²) in [7, 11) is 0. The molecule has 2 aliphatic rings. The van der Waals surface area contributed by atoms with Crippen molar-refractivity contribution in [2.75, 3.05) is 26.4 Å². The van der Waals surface area contributed by atoms with Crippen molar-refractivity contribution in [1.82, 2.24) is 26.0 Å². The Morgan fingerprint density at radius 1 is 0.957 bits per heavy atom. The van der Waals surface area contributed by atoms with Crippen molar-refractivity contribution in [3.8, 4) is 0 Å². The van der Waals surface area contributed by atoms with Gasteiger partial charge in [0, 0.05) is 25.1 Å². The Morgan fingerprint density at radius 3 is 2.22 bits per heavy atom. The molecule has 2 aliphatic heterocycles. The number of carbonyl (C=O) groups excluding carboxylic acids is 4. The number of epoxide rings is 1. The van der Waals surface area contributed by atoms with Gasteiger partial charge in [0.05, 0.1) is 32.4 Å².